The summed E-state index contributed by atoms with van der Waals surface area (Å²) in [7, 11) is 1.57. The highest BCUT2D eigenvalue weighted by atomic mass is 32.1. The Kier molecular flexibility index (Phi) is 5.26. The molecule has 0 fully saturated rings. The minimum absolute atomic E-state index is 0.157. The van der Waals surface area contributed by atoms with Gasteiger partial charge >= 0.3 is 0 Å². The fourth-order valence-electron chi connectivity index (χ4n) is 2.88. The van der Waals surface area contributed by atoms with Gasteiger partial charge in [-0.15, -0.1) is 11.3 Å². The summed E-state index contributed by atoms with van der Waals surface area (Å²) >= 11 is 1.25. The summed E-state index contributed by atoms with van der Waals surface area (Å²) in [5.74, 6) is 0.739. The fraction of sp³-hybridized carbons (Fsp3) is 0.0952. The van der Waals surface area contributed by atoms with Crippen molar-refractivity contribution in [3.63, 3.8) is 0 Å². The summed E-state index contributed by atoms with van der Waals surface area (Å²) in [6.45, 7) is 0. The highest BCUT2D eigenvalue weighted by Gasteiger charge is 2.17. The molecule has 2 heterocycles. The first-order valence-electron chi connectivity index (χ1n) is 8.89. The molecule has 0 aliphatic rings. The molecule has 29 heavy (non-hydrogen) atoms. The van der Waals surface area contributed by atoms with Crippen LogP contribution in [-0.2, 0) is 11.2 Å². The Hall–Kier alpha value is -3.65. The van der Waals surface area contributed by atoms with E-state index in [4.69, 9.17) is 4.74 Å². The van der Waals surface area contributed by atoms with Gasteiger partial charge in [0.05, 0.1) is 23.8 Å². The summed E-state index contributed by atoms with van der Waals surface area (Å²) in [4.78, 5) is 26.1. The first kappa shape index (κ1) is 18.7. The molecule has 0 radical (unpaired) electrons. The lowest BCUT2D eigenvalue weighted by Gasteiger charge is -2.05. The third-order valence-corrected chi connectivity index (χ3v) is 5.30. The van der Waals surface area contributed by atoms with Gasteiger partial charge < -0.3 is 15.4 Å². The topological polar surface area (TPSA) is 96.1 Å². The van der Waals surface area contributed by atoms with Crippen LogP contribution in [0.25, 0.3) is 10.2 Å². The van der Waals surface area contributed by atoms with Crippen LogP contribution in [0.4, 0.5) is 11.5 Å². The average Bonchev–Trinajstić information content (AvgIpc) is 3.31. The van der Waals surface area contributed by atoms with Gasteiger partial charge in [0.1, 0.15) is 16.4 Å². The Morgan fingerprint density at radius 2 is 1.90 bits per heavy atom. The molecule has 0 saturated heterocycles. The lowest BCUT2D eigenvalue weighted by atomic mass is 10.1. The second kappa shape index (κ2) is 8.15. The molecule has 7 nitrogen and oxygen atoms in total. The van der Waals surface area contributed by atoms with Crippen molar-refractivity contribution in [2.75, 3.05) is 17.7 Å². The molecule has 0 bridgehead atoms. The first-order chi connectivity index (χ1) is 14.1. The molecular weight excluding hydrogens is 388 g/mol. The highest BCUT2D eigenvalue weighted by Crippen LogP contribution is 2.30. The lowest BCUT2D eigenvalue weighted by molar-refractivity contribution is -0.115. The number of carbonyl (C=O) groups is 2. The normalized spacial score (nSPS) is 10.7. The number of anilines is 2. The second-order valence-electron chi connectivity index (χ2n) is 6.32. The SMILES string of the molecule is COc1cccc(NC(=O)c2cc3c(NC(=O)Cc4ccccc4)[nH]nc3s2)c1. The van der Waals surface area contributed by atoms with E-state index < -0.39 is 0 Å². The van der Waals surface area contributed by atoms with Crippen molar-refractivity contribution in [2.45, 2.75) is 6.42 Å². The van der Waals surface area contributed by atoms with Crippen LogP contribution >= 0.6 is 11.3 Å². The lowest BCUT2D eigenvalue weighted by Crippen LogP contribution is -2.14. The van der Waals surface area contributed by atoms with Crippen LogP contribution in [0.2, 0.25) is 0 Å². The highest BCUT2D eigenvalue weighted by molar-refractivity contribution is 7.20. The number of nitrogens with zero attached hydrogens (tertiary/aromatic N) is 1. The van der Waals surface area contributed by atoms with Gasteiger partial charge in [-0.2, -0.15) is 5.10 Å². The maximum Gasteiger partial charge on any atom is 0.265 e. The van der Waals surface area contributed by atoms with Gasteiger partial charge in [-0.05, 0) is 23.8 Å². The Labute approximate surface area is 170 Å². The number of ether oxygens (including phenoxy) is 1. The smallest absolute Gasteiger partial charge is 0.265 e. The second-order valence-corrected chi connectivity index (χ2v) is 7.36. The number of aromatic nitrogens is 2. The molecule has 0 aliphatic heterocycles. The van der Waals surface area contributed by atoms with Gasteiger partial charge in [0.15, 0.2) is 0 Å². The summed E-state index contributed by atoms with van der Waals surface area (Å²) in [5, 5.41) is 13.4. The monoisotopic (exact) mass is 406 g/mol. The maximum absolute atomic E-state index is 12.6. The minimum Gasteiger partial charge on any atom is -0.497 e. The number of methoxy groups -OCH3 is 1. The van der Waals surface area contributed by atoms with Crippen LogP contribution in [-0.4, -0.2) is 29.1 Å². The first-order valence-corrected chi connectivity index (χ1v) is 9.71. The van der Waals surface area contributed by atoms with Gasteiger partial charge in [0, 0.05) is 11.8 Å². The van der Waals surface area contributed by atoms with Crippen molar-refractivity contribution in [3.8, 4) is 5.75 Å². The molecule has 0 atom stereocenters. The van der Waals surface area contributed by atoms with Crippen molar-refractivity contribution in [1.82, 2.24) is 10.2 Å². The van der Waals surface area contributed by atoms with Crippen molar-refractivity contribution >= 4 is 44.9 Å². The number of hydrogen-bond acceptors (Lipinski definition) is 5. The van der Waals surface area contributed by atoms with E-state index in [2.05, 4.69) is 20.8 Å². The Morgan fingerprint density at radius 3 is 2.69 bits per heavy atom. The molecule has 0 saturated carbocycles. The summed E-state index contributed by atoms with van der Waals surface area (Å²) in [5.41, 5.74) is 1.56. The number of H-pyrrole nitrogens is 1. The number of nitrogens with one attached hydrogen (secondary N) is 3. The van der Waals surface area contributed by atoms with E-state index in [9.17, 15) is 9.59 Å². The number of amides is 2. The summed E-state index contributed by atoms with van der Waals surface area (Å²) in [6, 6.07) is 18.3. The zero-order chi connectivity index (χ0) is 20.2. The number of carbonyl (C=O) groups excluding carboxylic acids is 2. The van der Waals surface area contributed by atoms with E-state index >= 15 is 0 Å². The average molecular weight is 406 g/mol. The third-order valence-electron chi connectivity index (χ3n) is 4.27. The maximum atomic E-state index is 12.6. The van der Waals surface area contributed by atoms with E-state index in [1.165, 1.54) is 11.3 Å². The zero-order valence-corrected chi connectivity index (χ0v) is 16.4. The molecule has 0 unspecified atom stereocenters. The molecule has 8 heteroatoms. The standard InChI is InChI=1S/C21H18N4O3S/c1-28-15-9-5-8-14(11-15)22-20(27)17-12-16-19(24-25-21(16)29-17)23-18(26)10-13-6-3-2-4-7-13/h2-9,11-12H,10H2,1H3,(H,22,27)(H2,23,24,25,26). The molecule has 146 valence electrons. The predicted octanol–water partition coefficient (Wildman–Crippen LogP) is 4.07. The van der Waals surface area contributed by atoms with Gasteiger partial charge in [-0.25, -0.2) is 0 Å². The van der Waals surface area contributed by atoms with Crippen LogP contribution in [0.15, 0.2) is 60.7 Å². The number of benzene rings is 2. The number of fused-ring (bicyclic) bond motifs is 1. The molecule has 0 aliphatic carbocycles. The van der Waals surface area contributed by atoms with Crippen LogP contribution in [0.5, 0.6) is 5.75 Å². The number of aromatic amines is 1. The minimum atomic E-state index is -0.247. The van der Waals surface area contributed by atoms with Gasteiger partial charge in [0.2, 0.25) is 5.91 Å². The number of thiophene rings is 1. The van der Waals surface area contributed by atoms with Crippen molar-refractivity contribution < 1.29 is 14.3 Å². The third kappa shape index (κ3) is 4.27. The Balaban J connectivity index is 1.48. The summed E-state index contributed by atoms with van der Waals surface area (Å²) in [6.07, 6.45) is 0.259. The molecule has 4 aromatic rings. The Morgan fingerprint density at radius 1 is 1.07 bits per heavy atom. The van der Waals surface area contributed by atoms with Crippen LogP contribution in [0.1, 0.15) is 15.2 Å². The van der Waals surface area contributed by atoms with Crippen LogP contribution in [0.3, 0.4) is 0 Å². The molecule has 3 N–H and O–H groups in total. The zero-order valence-electron chi connectivity index (χ0n) is 15.6. The van der Waals surface area contributed by atoms with Gasteiger partial charge in [0.25, 0.3) is 5.91 Å². The van der Waals surface area contributed by atoms with E-state index in [1.807, 2.05) is 30.3 Å². The van der Waals surface area contributed by atoms with Gasteiger partial charge in [-0.1, -0.05) is 36.4 Å². The number of hydrogen-bond donors (Lipinski definition) is 3. The van der Waals surface area contributed by atoms with E-state index in [0.717, 1.165) is 5.56 Å². The van der Waals surface area contributed by atoms with Crippen molar-refractivity contribution in [3.05, 3.63) is 71.1 Å². The van der Waals surface area contributed by atoms with Gasteiger partial charge in [-0.3, -0.25) is 14.7 Å². The molecule has 2 aromatic carbocycles. The number of rotatable bonds is 6. The predicted molar refractivity (Wildman–Crippen MR) is 114 cm³/mol. The summed E-state index contributed by atoms with van der Waals surface area (Å²) < 4.78 is 5.17. The molecule has 2 aromatic heterocycles. The molecule has 4 rings (SSSR count). The molecule has 2 amide bonds. The molecule has 0 spiro atoms. The van der Waals surface area contributed by atoms with E-state index in [-0.39, 0.29) is 18.2 Å². The van der Waals surface area contributed by atoms with Crippen molar-refractivity contribution in [1.29, 1.82) is 0 Å². The van der Waals surface area contributed by atoms with Crippen molar-refractivity contribution in [2.24, 2.45) is 0 Å². The largest absolute Gasteiger partial charge is 0.497 e. The van der Waals surface area contributed by atoms with E-state index in [1.54, 1.807) is 37.4 Å². The van der Waals surface area contributed by atoms with E-state index in [0.29, 0.717) is 32.3 Å². The van der Waals surface area contributed by atoms with Crippen LogP contribution in [0, 0.1) is 0 Å². The molecular formula is C21H18N4O3S. The Bertz CT molecular complexity index is 1170. The quantitative estimate of drug-likeness (QED) is 0.450. The fourth-order valence-corrected chi connectivity index (χ4v) is 3.77. The van der Waals surface area contributed by atoms with Crippen LogP contribution < -0.4 is 15.4 Å².